The molecule has 0 radical (unpaired) electrons. The summed E-state index contributed by atoms with van der Waals surface area (Å²) in [5.41, 5.74) is -0.457. The summed E-state index contributed by atoms with van der Waals surface area (Å²) in [5, 5.41) is 3.27. The van der Waals surface area contributed by atoms with Gasteiger partial charge < -0.3 is 15.0 Å². The van der Waals surface area contributed by atoms with Gasteiger partial charge in [-0.25, -0.2) is 4.79 Å². The quantitative estimate of drug-likeness (QED) is 0.836. The molecule has 1 aliphatic carbocycles. The van der Waals surface area contributed by atoms with Crippen LogP contribution in [0.25, 0.3) is 0 Å². The third-order valence-corrected chi connectivity index (χ3v) is 5.79. The minimum absolute atomic E-state index is 0.182. The Morgan fingerprint density at radius 3 is 2.32 bits per heavy atom. The molecule has 0 aromatic rings. The summed E-state index contributed by atoms with van der Waals surface area (Å²) in [7, 11) is 0. The lowest BCUT2D eigenvalue weighted by molar-refractivity contribution is -0.123. The predicted octanol–water partition coefficient (Wildman–Crippen LogP) is 3.96. The van der Waals surface area contributed by atoms with Crippen LogP contribution in [0.5, 0.6) is 0 Å². The van der Waals surface area contributed by atoms with Crippen LogP contribution in [-0.4, -0.2) is 41.6 Å². The zero-order chi connectivity index (χ0) is 18.6. The number of nitrogens with zero attached hydrogens (tertiary/aromatic N) is 1. The number of nitrogens with one attached hydrogen (secondary N) is 1. The molecule has 0 bridgehead atoms. The van der Waals surface area contributed by atoms with Gasteiger partial charge in [0, 0.05) is 25.6 Å². The van der Waals surface area contributed by atoms with Crippen molar-refractivity contribution in [2.45, 2.75) is 84.8 Å². The molecule has 2 amide bonds. The fourth-order valence-electron chi connectivity index (χ4n) is 3.96. The molecule has 0 aromatic carbocycles. The highest BCUT2D eigenvalue weighted by atomic mass is 16.6. The van der Waals surface area contributed by atoms with Crippen LogP contribution in [0.15, 0.2) is 0 Å². The molecule has 3 atom stereocenters. The van der Waals surface area contributed by atoms with Gasteiger partial charge in [0.25, 0.3) is 0 Å². The van der Waals surface area contributed by atoms with Crippen LogP contribution in [0.4, 0.5) is 4.79 Å². The van der Waals surface area contributed by atoms with Crippen LogP contribution in [0.3, 0.4) is 0 Å². The minimum Gasteiger partial charge on any atom is -0.444 e. The van der Waals surface area contributed by atoms with E-state index in [9.17, 15) is 9.59 Å². The lowest BCUT2D eigenvalue weighted by Gasteiger charge is -2.36. The monoisotopic (exact) mass is 352 g/mol. The van der Waals surface area contributed by atoms with Gasteiger partial charge in [-0.15, -0.1) is 0 Å². The van der Waals surface area contributed by atoms with E-state index in [1.54, 1.807) is 4.90 Å². The zero-order valence-electron chi connectivity index (χ0n) is 16.6. The Morgan fingerprint density at radius 1 is 1.08 bits per heavy atom. The second kappa shape index (κ2) is 8.41. The number of amides is 2. The smallest absolute Gasteiger partial charge is 0.410 e. The highest BCUT2D eigenvalue weighted by Gasteiger charge is 2.30. The van der Waals surface area contributed by atoms with Gasteiger partial charge in [-0.1, -0.05) is 26.7 Å². The summed E-state index contributed by atoms with van der Waals surface area (Å²) in [6, 6.07) is 0.332. The van der Waals surface area contributed by atoms with E-state index in [1.807, 2.05) is 20.8 Å². The summed E-state index contributed by atoms with van der Waals surface area (Å²) >= 11 is 0. The summed E-state index contributed by atoms with van der Waals surface area (Å²) in [4.78, 5) is 26.3. The Balaban J connectivity index is 1.72. The normalized spacial score (nSPS) is 28.5. The first-order valence-electron chi connectivity index (χ1n) is 9.93. The standard InChI is InChI=1S/C20H36N2O3/c1-14-7-6-8-17(15(14)2)21-18(23)13-16-9-11-22(12-10-16)19(24)25-20(3,4)5/h14-17H,6-13H2,1-5H3,(H,21,23). The molecule has 0 spiro atoms. The van der Waals surface area contributed by atoms with Crippen LogP contribution in [-0.2, 0) is 9.53 Å². The Kier molecular flexibility index (Phi) is 6.75. The van der Waals surface area contributed by atoms with Crippen molar-refractivity contribution in [2.24, 2.45) is 17.8 Å². The van der Waals surface area contributed by atoms with E-state index < -0.39 is 5.60 Å². The number of ether oxygens (including phenoxy) is 1. The van der Waals surface area contributed by atoms with E-state index in [1.165, 1.54) is 12.8 Å². The molecule has 144 valence electrons. The Labute approximate surface area is 152 Å². The van der Waals surface area contributed by atoms with Gasteiger partial charge in [0.15, 0.2) is 0 Å². The molecule has 1 N–H and O–H groups in total. The molecule has 2 rings (SSSR count). The molecule has 1 saturated carbocycles. The van der Waals surface area contributed by atoms with Gasteiger partial charge in [0.05, 0.1) is 0 Å². The first kappa shape index (κ1) is 20.1. The molecule has 1 aliphatic heterocycles. The van der Waals surface area contributed by atoms with Gasteiger partial charge in [-0.3, -0.25) is 4.79 Å². The van der Waals surface area contributed by atoms with E-state index in [2.05, 4.69) is 19.2 Å². The Morgan fingerprint density at radius 2 is 1.72 bits per heavy atom. The molecule has 5 heteroatoms. The molecule has 25 heavy (non-hydrogen) atoms. The third kappa shape index (κ3) is 6.19. The van der Waals surface area contributed by atoms with Gasteiger partial charge in [-0.05, 0) is 57.8 Å². The molecular formula is C20H36N2O3. The highest BCUT2D eigenvalue weighted by Crippen LogP contribution is 2.30. The van der Waals surface area contributed by atoms with E-state index in [4.69, 9.17) is 4.74 Å². The maximum atomic E-state index is 12.4. The van der Waals surface area contributed by atoms with E-state index >= 15 is 0 Å². The van der Waals surface area contributed by atoms with Crippen molar-refractivity contribution in [2.75, 3.05) is 13.1 Å². The van der Waals surface area contributed by atoms with Crippen LogP contribution in [0, 0.1) is 17.8 Å². The maximum Gasteiger partial charge on any atom is 0.410 e. The van der Waals surface area contributed by atoms with Crippen molar-refractivity contribution in [3.8, 4) is 0 Å². The molecule has 0 aromatic heterocycles. The average molecular weight is 353 g/mol. The van der Waals surface area contributed by atoms with E-state index in [0.29, 0.717) is 43.3 Å². The largest absolute Gasteiger partial charge is 0.444 e. The first-order valence-corrected chi connectivity index (χ1v) is 9.93. The number of piperidine rings is 1. The summed E-state index contributed by atoms with van der Waals surface area (Å²) in [6.45, 7) is 11.6. The lowest BCUT2D eigenvalue weighted by Crippen LogP contribution is -2.45. The molecule has 1 saturated heterocycles. The minimum atomic E-state index is -0.457. The molecule has 5 nitrogen and oxygen atoms in total. The van der Waals surface area contributed by atoms with Gasteiger partial charge in [0.2, 0.25) is 5.91 Å². The topological polar surface area (TPSA) is 58.6 Å². The van der Waals surface area contributed by atoms with Crippen LogP contribution in [0.2, 0.25) is 0 Å². The van der Waals surface area contributed by atoms with Crippen LogP contribution in [0.1, 0.15) is 73.1 Å². The molecule has 2 fully saturated rings. The number of hydrogen-bond acceptors (Lipinski definition) is 3. The molecule has 1 heterocycles. The number of rotatable bonds is 3. The van der Waals surface area contributed by atoms with Crippen LogP contribution < -0.4 is 5.32 Å². The van der Waals surface area contributed by atoms with Crippen molar-refractivity contribution in [1.82, 2.24) is 10.2 Å². The zero-order valence-corrected chi connectivity index (χ0v) is 16.6. The summed E-state index contributed by atoms with van der Waals surface area (Å²) in [5.74, 6) is 1.81. The Bertz CT molecular complexity index is 464. The summed E-state index contributed by atoms with van der Waals surface area (Å²) in [6.07, 6.45) is 5.70. The number of hydrogen-bond donors (Lipinski definition) is 1. The van der Waals surface area contributed by atoms with E-state index in [0.717, 1.165) is 19.3 Å². The average Bonchev–Trinajstić information content (AvgIpc) is 2.51. The van der Waals surface area contributed by atoms with Crippen molar-refractivity contribution < 1.29 is 14.3 Å². The SMILES string of the molecule is CC1CCCC(NC(=O)CC2CCN(C(=O)OC(C)(C)C)CC2)C1C. The predicted molar refractivity (Wildman–Crippen MR) is 99.3 cm³/mol. The molecular weight excluding hydrogens is 316 g/mol. The second-order valence-corrected chi connectivity index (χ2v) is 9.06. The van der Waals surface area contributed by atoms with Crippen molar-refractivity contribution in [3.63, 3.8) is 0 Å². The Hall–Kier alpha value is -1.26. The maximum absolute atomic E-state index is 12.4. The van der Waals surface area contributed by atoms with Gasteiger partial charge in [0.1, 0.15) is 5.60 Å². The molecule has 3 unspecified atom stereocenters. The third-order valence-electron chi connectivity index (χ3n) is 5.79. The fraction of sp³-hybridized carbons (Fsp3) is 0.900. The van der Waals surface area contributed by atoms with Gasteiger partial charge >= 0.3 is 6.09 Å². The lowest BCUT2D eigenvalue weighted by atomic mass is 9.78. The van der Waals surface area contributed by atoms with E-state index in [-0.39, 0.29) is 12.0 Å². The first-order chi connectivity index (χ1) is 11.7. The second-order valence-electron chi connectivity index (χ2n) is 9.06. The van der Waals surface area contributed by atoms with Crippen molar-refractivity contribution in [3.05, 3.63) is 0 Å². The summed E-state index contributed by atoms with van der Waals surface area (Å²) < 4.78 is 5.42. The number of carbonyl (C=O) groups excluding carboxylic acids is 2. The fourth-order valence-corrected chi connectivity index (χ4v) is 3.96. The van der Waals surface area contributed by atoms with Crippen molar-refractivity contribution in [1.29, 1.82) is 0 Å². The van der Waals surface area contributed by atoms with Gasteiger partial charge in [-0.2, -0.15) is 0 Å². The van der Waals surface area contributed by atoms with Crippen molar-refractivity contribution >= 4 is 12.0 Å². The number of carbonyl (C=O) groups is 2. The highest BCUT2D eigenvalue weighted by molar-refractivity contribution is 5.76. The number of likely N-dealkylation sites (tertiary alicyclic amines) is 1. The van der Waals surface area contributed by atoms with Crippen LogP contribution >= 0.6 is 0 Å². The molecule has 2 aliphatic rings.